The Kier molecular flexibility index (Phi) is 3.10. The third kappa shape index (κ3) is 2.27. The van der Waals surface area contributed by atoms with E-state index < -0.39 is 0 Å². The van der Waals surface area contributed by atoms with Crippen LogP contribution >= 0.6 is 0 Å². The van der Waals surface area contributed by atoms with Gasteiger partial charge in [0.1, 0.15) is 11.5 Å². The van der Waals surface area contributed by atoms with Crippen molar-refractivity contribution in [3.8, 4) is 11.5 Å². The van der Waals surface area contributed by atoms with Gasteiger partial charge in [0, 0.05) is 17.7 Å². The predicted molar refractivity (Wildman–Crippen MR) is 77.6 cm³/mol. The molecular formula is C17H17NO. The highest BCUT2D eigenvalue weighted by Gasteiger charge is 2.25. The zero-order valence-corrected chi connectivity index (χ0v) is 11.0. The number of hydrogen-bond donors (Lipinski definition) is 1. The van der Waals surface area contributed by atoms with Gasteiger partial charge < -0.3 is 10.1 Å². The Hall–Kier alpha value is -2.06. The van der Waals surface area contributed by atoms with Gasteiger partial charge >= 0.3 is 0 Å². The molecule has 1 N–H and O–H groups in total. The van der Waals surface area contributed by atoms with Crippen LogP contribution in [0.15, 0.2) is 60.7 Å². The maximum atomic E-state index is 5.95. The highest BCUT2D eigenvalue weighted by molar-refractivity contribution is 5.52. The number of benzene rings is 2. The normalized spacial score (nSPS) is 13.3. The molecule has 0 fully saturated rings. The van der Waals surface area contributed by atoms with Crippen LogP contribution in [0.2, 0.25) is 0 Å². The summed E-state index contributed by atoms with van der Waals surface area (Å²) in [5.74, 6) is 1.86. The molecule has 19 heavy (non-hydrogen) atoms. The second kappa shape index (κ2) is 4.90. The summed E-state index contributed by atoms with van der Waals surface area (Å²) in [6, 6.07) is 16.5. The Bertz CT molecular complexity index is 573. The SMILES string of the molecule is C=C(C)CNC1c2ccccc2Oc2ccccc21. The third-order valence-corrected chi connectivity index (χ3v) is 3.29. The Labute approximate surface area is 113 Å². The fourth-order valence-corrected chi connectivity index (χ4v) is 2.41. The van der Waals surface area contributed by atoms with Gasteiger partial charge in [-0.25, -0.2) is 0 Å². The van der Waals surface area contributed by atoms with Crippen molar-refractivity contribution in [3.05, 3.63) is 71.8 Å². The number of para-hydroxylation sites is 2. The van der Waals surface area contributed by atoms with Crippen molar-refractivity contribution in [2.75, 3.05) is 6.54 Å². The Morgan fingerprint density at radius 1 is 1.05 bits per heavy atom. The van der Waals surface area contributed by atoms with Gasteiger partial charge in [-0.2, -0.15) is 0 Å². The first-order valence-corrected chi connectivity index (χ1v) is 6.49. The summed E-state index contributed by atoms with van der Waals surface area (Å²) >= 11 is 0. The van der Waals surface area contributed by atoms with Crippen LogP contribution < -0.4 is 10.1 Å². The van der Waals surface area contributed by atoms with Crippen LogP contribution in [-0.2, 0) is 0 Å². The number of nitrogens with one attached hydrogen (secondary N) is 1. The van der Waals surface area contributed by atoms with E-state index in [0.717, 1.165) is 23.6 Å². The highest BCUT2D eigenvalue weighted by Crippen LogP contribution is 2.42. The molecule has 96 valence electrons. The third-order valence-electron chi connectivity index (χ3n) is 3.29. The van der Waals surface area contributed by atoms with Gasteiger partial charge in [0.05, 0.1) is 6.04 Å². The quantitative estimate of drug-likeness (QED) is 0.831. The van der Waals surface area contributed by atoms with Gasteiger partial charge in [0.15, 0.2) is 0 Å². The molecule has 3 rings (SSSR count). The molecule has 2 aromatic carbocycles. The van der Waals surface area contributed by atoms with E-state index in [1.54, 1.807) is 0 Å². The molecule has 0 saturated carbocycles. The van der Waals surface area contributed by atoms with Gasteiger partial charge in [-0.05, 0) is 19.1 Å². The topological polar surface area (TPSA) is 21.3 Å². The lowest BCUT2D eigenvalue weighted by Gasteiger charge is -2.29. The smallest absolute Gasteiger partial charge is 0.132 e. The predicted octanol–water partition coefficient (Wildman–Crippen LogP) is 4.05. The fraction of sp³-hybridized carbons (Fsp3) is 0.176. The summed E-state index contributed by atoms with van der Waals surface area (Å²) in [6.45, 7) is 6.79. The van der Waals surface area contributed by atoms with Crippen LogP contribution in [0.5, 0.6) is 11.5 Å². The molecule has 2 aromatic rings. The van der Waals surface area contributed by atoms with E-state index in [1.807, 2.05) is 43.3 Å². The van der Waals surface area contributed by atoms with Gasteiger partial charge in [-0.1, -0.05) is 48.6 Å². The zero-order chi connectivity index (χ0) is 13.2. The molecule has 0 radical (unpaired) electrons. The summed E-state index contributed by atoms with van der Waals surface area (Å²) in [4.78, 5) is 0. The maximum Gasteiger partial charge on any atom is 0.132 e. The lowest BCUT2D eigenvalue weighted by atomic mass is 9.94. The van der Waals surface area contributed by atoms with Crippen LogP contribution in [0.4, 0.5) is 0 Å². The van der Waals surface area contributed by atoms with E-state index in [2.05, 4.69) is 24.0 Å². The first-order valence-electron chi connectivity index (χ1n) is 6.49. The Balaban J connectivity index is 2.03. The number of ether oxygens (including phenoxy) is 1. The molecule has 2 heteroatoms. The summed E-state index contributed by atoms with van der Waals surface area (Å²) in [5, 5.41) is 3.55. The average molecular weight is 251 g/mol. The fourth-order valence-electron chi connectivity index (χ4n) is 2.41. The number of fused-ring (bicyclic) bond motifs is 2. The first-order chi connectivity index (χ1) is 9.25. The minimum absolute atomic E-state index is 0.165. The molecule has 1 heterocycles. The minimum atomic E-state index is 0.165. The molecule has 2 nitrogen and oxygen atoms in total. The van der Waals surface area contributed by atoms with Gasteiger partial charge in [0.25, 0.3) is 0 Å². The Morgan fingerprint density at radius 2 is 1.58 bits per heavy atom. The largest absolute Gasteiger partial charge is 0.457 e. The molecule has 1 aliphatic heterocycles. The van der Waals surface area contributed by atoms with E-state index in [-0.39, 0.29) is 6.04 Å². The van der Waals surface area contributed by atoms with Crippen molar-refractivity contribution < 1.29 is 4.74 Å². The monoisotopic (exact) mass is 251 g/mol. The zero-order valence-electron chi connectivity index (χ0n) is 11.0. The van der Waals surface area contributed by atoms with Gasteiger partial charge in [0.2, 0.25) is 0 Å². The molecule has 0 spiro atoms. The molecule has 0 aliphatic carbocycles. The van der Waals surface area contributed by atoms with E-state index in [9.17, 15) is 0 Å². The summed E-state index contributed by atoms with van der Waals surface area (Å²) < 4.78 is 5.95. The van der Waals surface area contributed by atoms with Gasteiger partial charge in [-0.15, -0.1) is 0 Å². The van der Waals surface area contributed by atoms with E-state index in [0.29, 0.717) is 0 Å². The van der Waals surface area contributed by atoms with Crippen LogP contribution in [-0.4, -0.2) is 6.54 Å². The number of rotatable bonds is 3. The van der Waals surface area contributed by atoms with Crippen LogP contribution in [0, 0.1) is 0 Å². The van der Waals surface area contributed by atoms with Crippen molar-refractivity contribution in [3.63, 3.8) is 0 Å². The molecule has 1 aliphatic rings. The summed E-state index contributed by atoms with van der Waals surface area (Å²) in [7, 11) is 0. The number of hydrogen-bond acceptors (Lipinski definition) is 2. The molecule has 0 aromatic heterocycles. The maximum absolute atomic E-state index is 5.95. The molecular weight excluding hydrogens is 234 g/mol. The van der Waals surface area contributed by atoms with Crippen molar-refractivity contribution in [2.24, 2.45) is 0 Å². The van der Waals surface area contributed by atoms with Crippen LogP contribution in [0.25, 0.3) is 0 Å². The van der Waals surface area contributed by atoms with Crippen molar-refractivity contribution in [2.45, 2.75) is 13.0 Å². The Morgan fingerprint density at radius 3 is 2.11 bits per heavy atom. The molecule has 0 atom stereocenters. The first kappa shape index (κ1) is 12.0. The van der Waals surface area contributed by atoms with Crippen molar-refractivity contribution in [1.82, 2.24) is 5.32 Å². The molecule has 0 unspecified atom stereocenters. The lowest BCUT2D eigenvalue weighted by molar-refractivity contribution is 0.432. The summed E-state index contributed by atoms with van der Waals surface area (Å²) in [5.41, 5.74) is 3.49. The van der Waals surface area contributed by atoms with E-state index in [4.69, 9.17) is 4.74 Å². The average Bonchev–Trinajstić information content (AvgIpc) is 2.43. The van der Waals surface area contributed by atoms with Crippen LogP contribution in [0.3, 0.4) is 0 Å². The van der Waals surface area contributed by atoms with E-state index >= 15 is 0 Å². The molecule has 0 amide bonds. The van der Waals surface area contributed by atoms with E-state index in [1.165, 1.54) is 11.1 Å². The second-order valence-corrected chi connectivity index (χ2v) is 4.95. The second-order valence-electron chi connectivity index (χ2n) is 4.95. The van der Waals surface area contributed by atoms with Crippen molar-refractivity contribution in [1.29, 1.82) is 0 Å². The van der Waals surface area contributed by atoms with Gasteiger partial charge in [-0.3, -0.25) is 0 Å². The minimum Gasteiger partial charge on any atom is -0.457 e. The van der Waals surface area contributed by atoms with Crippen LogP contribution in [0.1, 0.15) is 24.1 Å². The standard InChI is InChI=1S/C17H17NO/c1-12(2)11-18-17-13-7-3-5-9-15(13)19-16-10-6-4-8-14(16)17/h3-10,17-18H,1,11H2,2H3. The molecule has 0 bridgehead atoms. The highest BCUT2D eigenvalue weighted by atomic mass is 16.5. The summed E-state index contributed by atoms with van der Waals surface area (Å²) in [6.07, 6.45) is 0. The van der Waals surface area contributed by atoms with Crippen molar-refractivity contribution >= 4 is 0 Å². The lowest BCUT2D eigenvalue weighted by Crippen LogP contribution is -2.26. The molecule has 0 saturated heterocycles.